The van der Waals surface area contributed by atoms with Crippen LogP contribution in [0, 0.1) is 0 Å². The molecule has 2 aromatic rings. The van der Waals surface area contributed by atoms with Gasteiger partial charge in [-0.2, -0.15) is 0 Å². The third-order valence-electron chi connectivity index (χ3n) is 2.45. The Bertz CT molecular complexity index is 745. The zero-order valence-electron chi connectivity index (χ0n) is 10.5. The molecule has 0 spiro atoms. The smallest absolute Gasteiger partial charge is 0.744 e. The second-order valence-electron chi connectivity index (χ2n) is 3.67. The summed E-state index contributed by atoms with van der Waals surface area (Å²) in [6, 6.07) is 8.78. The fourth-order valence-corrected chi connectivity index (χ4v) is 2.50. The van der Waals surface area contributed by atoms with Gasteiger partial charge in [-0.25, -0.2) is 8.42 Å². The third kappa shape index (κ3) is 3.81. The van der Waals surface area contributed by atoms with Crippen molar-refractivity contribution in [2.75, 3.05) is 5.33 Å². The fourth-order valence-electron chi connectivity index (χ4n) is 1.70. The third-order valence-corrected chi connectivity index (χ3v) is 3.80. The summed E-state index contributed by atoms with van der Waals surface area (Å²) in [5.74, 6) is -0.296. The van der Waals surface area contributed by atoms with Crippen LogP contribution in [0.2, 0.25) is 0 Å². The summed E-state index contributed by atoms with van der Waals surface area (Å²) < 4.78 is 38.6. The summed E-state index contributed by atoms with van der Waals surface area (Å²) in [5, 5.41) is 0.647. The van der Waals surface area contributed by atoms with Gasteiger partial charge in [0.15, 0.2) is 0 Å². The zero-order chi connectivity index (χ0) is 14.0. The molecule has 5 nitrogen and oxygen atoms in total. The summed E-state index contributed by atoms with van der Waals surface area (Å²) in [7, 11) is -4.58. The van der Waals surface area contributed by atoms with Crippen molar-refractivity contribution in [3.05, 3.63) is 36.4 Å². The van der Waals surface area contributed by atoms with Gasteiger partial charge in [0.2, 0.25) is 0 Å². The van der Waals surface area contributed by atoms with E-state index in [9.17, 15) is 17.8 Å². The Morgan fingerprint density at radius 1 is 1.15 bits per heavy atom. The second kappa shape index (κ2) is 7.02. The van der Waals surface area contributed by atoms with Gasteiger partial charge in [-0.3, -0.25) is 4.79 Å². The molecule has 0 aliphatic rings. The van der Waals surface area contributed by atoms with Crippen LogP contribution in [0.1, 0.15) is 0 Å². The molecule has 0 heterocycles. The molecule has 0 aliphatic heterocycles. The van der Waals surface area contributed by atoms with E-state index in [1.165, 1.54) is 12.1 Å². The Morgan fingerprint density at radius 3 is 2.30 bits per heavy atom. The molecule has 2 aromatic carbocycles. The monoisotopic (exact) mass is 366 g/mol. The van der Waals surface area contributed by atoms with E-state index >= 15 is 0 Å². The molecule has 20 heavy (non-hydrogen) atoms. The van der Waals surface area contributed by atoms with Crippen LogP contribution in [-0.4, -0.2) is 24.3 Å². The first-order valence-corrected chi connectivity index (χ1v) is 7.71. The van der Waals surface area contributed by atoms with E-state index in [0.29, 0.717) is 5.39 Å². The van der Waals surface area contributed by atoms with E-state index in [1.54, 1.807) is 18.2 Å². The van der Waals surface area contributed by atoms with Crippen molar-refractivity contribution in [3.8, 4) is 5.75 Å². The maximum absolute atomic E-state index is 11.3. The minimum atomic E-state index is -4.58. The molecular weight excluding hydrogens is 359 g/mol. The molecule has 0 N–H and O–H groups in total. The molecular formula is C12H8BrNaO5S. The molecule has 0 amide bonds. The second-order valence-corrected chi connectivity index (χ2v) is 5.58. The number of esters is 1. The molecule has 2 rings (SSSR count). The predicted molar refractivity (Wildman–Crippen MR) is 71.3 cm³/mol. The van der Waals surface area contributed by atoms with E-state index in [-0.39, 0.29) is 50.9 Å². The van der Waals surface area contributed by atoms with Gasteiger partial charge < -0.3 is 9.29 Å². The molecule has 0 bridgehead atoms. The maximum atomic E-state index is 11.3. The number of alkyl halides is 1. The average Bonchev–Trinajstić information content (AvgIpc) is 2.37. The predicted octanol–water partition coefficient (Wildman–Crippen LogP) is -0.952. The van der Waals surface area contributed by atoms with Crippen molar-refractivity contribution < 1.29 is 52.1 Å². The van der Waals surface area contributed by atoms with Crippen LogP contribution in [0.15, 0.2) is 41.3 Å². The molecule has 0 saturated heterocycles. The quantitative estimate of drug-likeness (QED) is 0.230. The minimum absolute atomic E-state index is 0. The molecule has 0 fully saturated rings. The van der Waals surface area contributed by atoms with Crippen LogP contribution in [0.4, 0.5) is 0 Å². The zero-order valence-corrected chi connectivity index (χ0v) is 14.9. The van der Waals surface area contributed by atoms with Crippen molar-refractivity contribution in [2.45, 2.75) is 4.90 Å². The maximum Gasteiger partial charge on any atom is 1.00 e. The van der Waals surface area contributed by atoms with Crippen LogP contribution in [0.25, 0.3) is 10.8 Å². The first-order valence-electron chi connectivity index (χ1n) is 5.18. The molecule has 0 radical (unpaired) electrons. The van der Waals surface area contributed by atoms with Crippen molar-refractivity contribution in [1.29, 1.82) is 0 Å². The van der Waals surface area contributed by atoms with Crippen LogP contribution in [0.3, 0.4) is 0 Å². The normalized spacial score (nSPS) is 10.9. The summed E-state index contributed by atoms with van der Waals surface area (Å²) >= 11 is 2.96. The molecule has 0 saturated carbocycles. The van der Waals surface area contributed by atoms with E-state index < -0.39 is 16.1 Å². The standard InChI is InChI=1S/C12H9BrO5S.Na/c13-7-12(14)18-10-5-6-11(19(15,16)17)9-4-2-1-3-8(9)10;/h1-6H,7H2,(H,15,16,17);/q;+1/p-1. The number of hydrogen-bond acceptors (Lipinski definition) is 5. The molecule has 8 heteroatoms. The Morgan fingerprint density at radius 2 is 1.75 bits per heavy atom. The van der Waals surface area contributed by atoms with Crippen molar-refractivity contribution in [1.82, 2.24) is 0 Å². The topological polar surface area (TPSA) is 83.5 Å². The number of ether oxygens (including phenoxy) is 1. The van der Waals surface area contributed by atoms with Crippen molar-refractivity contribution >= 4 is 42.8 Å². The first kappa shape index (κ1) is 17.6. The van der Waals surface area contributed by atoms with Crippen LogP contribution in [-0.2, 0) is 14.9 Å². The number of rotatable bonds is 3. The Labute approximate surface area is 146 Å². The van der Waals surface area contributed by atoms with Crippen LogP contribution in [0.5, 0.6) is 5.75 Å². The number of carbonyl (C=O) groups excluding carboxylic acids is 1. The van der Waals surface area contributed by atoms with Gasteiger partial charge in [-0.05, 0) is 12.1 Å². The molecule has 0 atom stereocenters. The number of fused-ring (bicyclic) bond motifs is 1. The Hall–Kier alpha value is -0.440. The van der Waals surface area contributed by atoms with Crippen LogP contribution >= 0.6 is 15.9 Å². The summed E-state index contributed by atoms with van der Waals surface area (Å²) in [5.41, 5.74) is 0. The van der Waals surface area contributed by atoms with Gasteiger partial charge in [0.05, 0.1) is 4.90 Å². The first-order chi connectivity index (χ1) is 8.93. The van der Waals surface area contributed by atoms with Crippen molar-refractivity contribution in [3.63, 3.8) is 0 Å². The number of benzene rings is 2. The van der Waals surface area contributed by atoms with Gasteiger partial charge in [-0.1, -0.05) is 40.2 Å². The largest absolute Gasteiger partial charge is 1.00 e. The van der Waals surface area contributed by atoms with Gasteiger partial charge in [0.25, 0.3) is 0 Å². The molecule has 0 aromatic heterocycles. The number of halogens is 1. The Balaban J connectivity index is 0.00000200. The van der Waals surface area contributed by atoms with Crippen molar-refractivity contribution in [2.24, 2.45) is 0 Å². The SMILES string of the molecule is O=C(CBr)Oc1ccc(S(=O)(=O)[O-])c2ccccc12.[Na+]. The molecule has 100 valence electrons. The summed E-state index contributed by atoms with van der Waals surface area (Å²) in [6.07, 6.45) is 0. The number of hydrogen-bond donors (Lipinski definition) is 0. The number of carbonyl (C=O) groups is 1. The summed E-state index contributed by atoms with van der Waals surface area (Å²) in [4.78, 5) is 10.9. The van der Waals surface area contributed by atoms with Crippen LogP contribution < -0.4 is 34.3 Å². The molecule has 0 aliphatic carbocycles. The van der Waals surface area contributed by atoms with E-state index in [2.05, 4.69) is 15.9 Å². The van der Waals surface area contributed by atoms with Gasteiger partial charge in [0.1, 0.15) is 21.2 Å². The fraction of sp³-hybridized carbons (Fsp3) is 0.0833. The van der Waals surface area contributed by atoms with E-state index in [4.69, 9.17) is 4.74 Å². The van der Waals surface area contributed by atoms with Gasteiger partial charge >= 0.3 is 35.5 Å². The average molecular weight is 367 g/mol. The summed E-state index contributed by atoms with van der Waals surface area (Å²) in [6.45, 7) is 0. The Kier molecular flexibility index (Phi) is 6.18. The minimum Gasteiger partial charge on any atom is -0.744 e. The van der Waals surface area contributed by atoms with E-state index in [0.717, 1.165) is 6.07 Å². The molecule has 0 unspecified atom stereocenters. The van der Waals surface area contributed by atoms with Gasteiger partial charge in [-0.15, -0.1) is 0 Å². The van der Waals surface area contributed by atoms with Gasteiger partial charge in [0, 0.05) is 10.8 Å². The van der Waals surface area contributed by atoms with E-state index in [1.807, 2.05) is 0 Å².